The van der Waals surface area contributed by atoms with Crippen molar-refractivity contribution in [2.45, 2.75) is 45.4 Å². The van der Waals surface area contributed by atoms with Gasteiger partial charge in [-0.3, -0.25) is 4.79 Å². The summed E-state index contributed by atoms with van der Waals surface area (Å²) in [4.78, 5) is 22.3. The number of Topliss-reactive ketones (excluding diaryl/α,β-unsaturated/α-hetero) is 1. The fourth-order valence-corrected chi connectivity index (χ4v) is 1.76. The van der Waals surface area contributed by atoms with Gasteiger partial charge in [-0.1, -0.05) is 31.0 Å². The maximum Gasteiger partial charge on any atom is 0.224 e. The Morgan fingerprint density at radius 2 is 1.56 bits per heavy atom. The number of anilines is 1. The lowest BCUT2D eigenvalue weighted by Crippen LogP contribution is -2.10. The van der Waals surface area contributed by atoms with Crippen molar-refractivity contribution in [3.63, 3.8) is 0 Å². The standard InChI is InChI=1S/C15H21NO2/c1-13(17)9-5-2-3-8-12-15(18)16-14-10-6-4-7-11-14/h4,6-7,10-11H,2-3,5,8-9,12H2,1H3,(H,16,18). The third-order valence-corrected chi connectivity index (χ3v) is 2.74. The molecule has 0 spiro atoms. The number of benzene rings is 1. The molecule has 1 aromatic carbocycles. The van der Waals surface area contributed by atoms with Crippen molar-refractivity contribution in [3.8, 4) is 0 Å². The Bertz CT molecular complexity index is 373. The minimum atomic E-state index is 0.0627. The van der Waals surface area contributed by atoms with Crippen LogP contribution >= 0.6 is 0 Å². The fourth-order valence-electron chi connectivity index (χ4n) is 1.76. The molecule has 0 unspecified atom stereocenters. The number of rotatable bonds is 8. The van der Waals surface area contributed by atoms with Gasteiger partial charge in [-0.25, -0.2) is 0 Å². The van der Waals surface area contributed by atoms with Gasteiger partial charge in [0.25, 0.3) is 0 Å². The van der Waals surface area contributed by atoms with E-state index in [4.69, 9.17) is 0 Å². The van der Waals surface area contributed by atoms with E-state index in [2.05, 4.69) is 5.32 Å². The first kappa shape index (κ1) is 14.4. The zero-order valence-electron chi connectivity index (χ0n) is 10.9. The van der Waals surface area contributed by atoms with Crippen LogP contribution in [-0.4, -0.2) is 11.7 Å². The SMILES string of the molecule is CC(=O)CCCCCCC(=O)Nc1ccccc1. The lowest BCUT2D eigenvalue weighted by atomic mass is 10.1. The molecule has 3 heteroatoms. The first-order valence-corrected chi connectivity index (χ1v) is 6.53. The molecule has 0 saturated carbocycles. The second-order valence-electron chi connectivity index (χ2n) is 4.53. The number of hydrogen-bond acceptors (Lipinski definition) is 2. The zero-order valence-corrected chi connectivity index (χ0v) is 10.9. The summed E-state index contributed by atoms with van der Waals surface area (Å²) in [5.41, 5.74) is 0.846. The topological polar surface area (TPSA) is 46.2 Å². The van der Waals surface area contributed by atoms with Gasteiger partial charge in [0, 0.05) is 18.5 Å². The maximum atomic E-state index is 11.6. The third-order valence-electron chi connectivity index (χ3n) is 2.74. The minimum absolute atomic E-state index is 0.0627. The van der Waals surface area contributed by atoms with Crippen molar-refractivity contribution >= 4 is 17.4 Å². The Morgan fingerprint density at radius 3 is 2.17 bits per heavy atom. The first-order chi connectivity index (χ1) is 8.68. The summed E-state index contributed by atoms with van der Waals surface area (Å²) >= 11 is 0. The summed E-state index contributed by atoms with van der Waals surface area (Å²) in [6.45, 7) is 1.62. The summed E-state index contributed by atoms with van der Waals surface area (Å²) in [5.74, 6) is 0.310. The van der Waals surface area contributed by atoms with E-state index >= 15 is 0 Å². The smallest absolute Gasteiger partial charge is 0.224 e. The highest BCUT2D eigenvalue weighted by Crippen LogP contribution is 2.09. The number of nitrogens with one attached hydrogen (secondary N) is 1. The van der Waals surface area contributed by atoms with Crippen molar-refractivity contribution in [1.82, 2.24) is 0 Å². The molecule has 3 nitrogen and oxygen atoms in total. The second-order valence-corrected chi connectivity index (χ2v) is 4.53. The Morgan fingerprint density at radius 1 is 0.944 bits per heavy atom. The quantitative estimate of drug-likeness (QED) is 0.714. The summed E-state index contributed by atoms with van der Waals surface area (Å²) in [5, 5.41) is 2.86. The maximum absolute atomic E-state index is 11.6. The van der Waals surface area contributed by atoms with Gasteiger partial charge in [-0.2, -0.15) is 0 Å². The molecule has 98 valence electrons. The summed E-state index contributed by atoms with van der Waals surface area (Å²) in [6, 6.07) is 9.48. The van der Waals surface area contributed by atoms with Gasteiger partial charge >= 0.3 is 0 Å². The van der Waals surface area contributed by atoms with Crippen molar-refractivity contribution in [3.05, 3.63) is 30.3 Å². The zero-order chi connectivity index (χ0) is 13.2. The third kappa shape index (κ3) is 6.84. The Labute approximate surface area is 109 Å². The van der Waals surface area contributed by atoms with Crippen molar-refractivity contribution in [1.29, 1.82) is 0 Å². The van der Waals surface area contributed by atoms with Crippen LogP contribution in [-0.2, 0) is 9.59 Å². The first-order valence-electron chi connectivity index (χ1n) is 6.53. The number of amides is 1. The number of carbonyl (C=O) groups excluding carboxylic acids is 2. The molecule has 0 fully saturated rings. The Kier molecular flexibility index (Phi) is 6.77. The molecule has 0 aromatic heterocycles. The largest absolute Gasteiger partial charge is 0.326 e. The number of ketones is 1. The van der Waals surface area contributed by atoms with Gasteiger partial charge in [0.05, 0.1) is 0 Å². The Hall–Kier alpha value is -1.64. The predicted molar refractivity (Wildman–Crippen MR) is 73.5 cm³/mol. The van der Waals surface area contributed by atoms with Crippen LogP contribution in [0.25, 0.3) is 0 Å². The molecule has 0 aliphatic heterocycles. The summed E-state index contributed by atoms with van der Waals surface area (Å²) in [7, 11) is 0. The van der Waals surface area contributed by atoms with Crippen molar-refractivity contribution in [2.24, 2.45) is 0 Å². The van der Waals surface area contributed by atoms with E-state index in [0.29, 0.717) is 12.8 Å². The van der Waals surface area contributed by atoms with Gasteiger partial charge < -0.3 is 10.1 Å². The predicted octanol–water partition coefficient (Wildman–Crippen LogP) is 3.55. The Balaban J connectivity index is 2.05. The molecule has 0 bridgehead atoms. The minimum Gasteiger partial charge on any atom is -0.326 e. The van der Waals surface area contributed by atoms with Crippen LogP contribution in [0, 0.1) is 0 Å². The van der Waals surface area contributed by atoms with Gasteiger partial charge in [-0.05, 0) is 31.9 Å². The fraction of sp³-hybridized carbons (Fsp3) is 0.467. The number of hydrogen-bond donors (Lipinski definition) is 1. The summed E-state index contributed by atoms with van der Waals surface area (Å²) in [6.07, 6.45) is 5.07. The lowest BCUT2D eigenvalue weighted by Gasteiger charge is -2.04. The van der Waals surface area contributed by atoms with Gasteiger partial charge in [0.15, 0.2) is 0 Å². The normalized spacial score (nSPS) is 10.1. The van der Waals surface area contributed by atoms with E-state index in [0.717, 1.165) is 31.4 Å². The van der Waals surface area contributed by atoms with Crippen LogP contribution in [0.2, 0.25) is 0 Å². The molecule has 1 amide bonds. The van der Waals surface area contributed by atoms with Crippen molar-refractivity contribution < 1.29 is 9.59 Å². The van der Waals surface area contributed by atoms with E-state index in [1.54, 1.807) is 6.92 Å². The number of para-hydroxylation sites is 1. The molecule has 18 heavy (non-hydrogen) atoms. The number of unbranched alkanes of at least 4 members (excludes halogenated alkanes) is 3. The highest BCUT2D eigenvalue weighted by atomic mass is 16.1. The molecule has 0 atom stereocenters. The van der Waals surface area contributed by atoms with Crippen LogP contribution in [0.15, 0.2) is 30.3 Å². The van der Waals surface area contributed by atoms with Crippen LogP contribution in [0.3, 0.4) is 0 Å². The van der Waals surface area contributed by atoms with Gasteiger partial charge in [0.1, 0.15) is 5.78 Å². The molecular weight excluding hydrogens is 226 g/mol. The van der Waals surface area contributed by atoms with Gasteiger partial charge in [-0.15, -0.1) is 0 Å². The molecular formula is C15H21NO2. The van der Waals surface area contributed by atoms with E-state index < -0.39 is 0 Å². The molecule has 1 aromatic rings. The highest BCUT2D eigenvalue weighted by Gasteiger charge is 2.01. The van der Waals surface area contributed by atoms with Crippen LogP contribution in [0.5, 0.6) is 0 Å². The molecule has 0 aliphatic rings. The lowest BCUT2D eigenvalue weighted by molar-refractivity contribution is -0.117. The molecule has 0 saturated heterocycles. The van der Waals surface area contributed by atoms with Crippen molar-refractivity contribution in [2.75, 3.05) is 5.32 Å². The summed E-state index contributed by atoms with van der Waals surface area (Å²) < 4.78 is 0. The van der Waals surface area contributed by atoms with E-state index in [9.17, 15) is 9.59 Å². The monoisotopic (exact) mass is 247 g/mol. The van der Waals surface area contributed by atoms with Crippen LogP contribution < -0.4 is 5.32 Å². The van der Waals surface area contributed by atoms with Crippen LogP contribution in [0.1, 0.15) is 45.4 Å². The van der Waals surface area contributed by atoms with Crippen LogP contribution in [0.4, 0.5) is 5.69 Å². The molecule has 0 radical (unpaired) electrons. The number of carbonyl (C=O) groups is 2. The average molecular weight is 247 g/mol. The molecule has 1 rings (SSSR count). The second kappa shape index (κ2) is 8.45. The van der Waals surface area contributed by atoms with E-state index in [-0.39, 0.29) is 11.7 Å². The highest BCUT2D eigenvalue weighted by molar-refractivity contribution is 5.90. The van der Waals surface area contributed by atoms with E-state index in [1.807, 2.05) is 30.3 Å². The molecule has 0 aliphatic carbocycles. The molecule has 0 heterocycles. The molecule has 1 N–H and O–H groups in total. The average Bonchev–Trinajstić information content (AvgIpc) is 2.34. The van der Waals surface area contributed by atoms with E-state index in [1.165, 1.54) is 0 Å². The van der Waals surface area contributed by atoms with Gasteiger partial charge in [0.2, 0.25) is 5.91 Å².